The van der Waals surface area contributed by atoms with Crippen LogP contribution in [0.5, 0.6) is 5.88 Å². The standard InChI is InChI=1S/C24H14F7N7O3/c1-2-17(24(29,30)31)33-22(40)12-9-37(18-13(26)6-10(25)7-14(18)27)20-11(19(12)39)8-15(28)23(34-20)41-38-21-16(35-36-38)4-3-5-32-21/h3-9,17H,2H2,1H3,(H,33,40)/t17-/m0/s1. The highest BCUT2D eigenvalue weighted by Gasteiger charge is 2.40. The van der Waals surface area contributed by atoms with Crippen LogP contribution in [0.1, 0.15) is 23.7 Å². The van der Waals surface area contributed by atoms with E-state index in [1.807, 2.05) is 0 Å². The molecule has 212 valence electrons. The van der Waals surface area contributed by atoms with Gasteiger partial charge in [-0.2, -0.15) is 18.2 Å². The molecule has 17 heteroatoms. The molecule has 5 aromatic rings. The Balaban J connectivity index is 1.73. The molecule has 1 aromatic carbocycles. The molecule has 0 bridgehead atoms. The average molecular weight is 581 g/mol. The van der Waals surface area contributed by atoms with E-state index in [2.05, 4.69) is 20.3 Å². The number of amides is 1. The largest absolute Gasteiger partial charge is 0.408 e. The highest BCUT2D eigenvalue weighted by atomic mass is 19.4. The molecule has 0 aliphatic rings. The number of alkyl halides is 3. The summed E-state index contributed by atoms with van der Waals surface area (Å²) in [6.07, 6.45) is -3.65. The third-order valence-electron chi connectivity index (χ3n) is 5.83. The van der Waals surface area contributed by atoms with Crippen LogP contribution in [0, 0.1) is 23.3 Å². The molecule has 0 unspecified atom stereocenters. The fourth-order valence-electron chi connectivity index (χ4n) is 3.91. The molecule has 0 saturated heterocycles. The summed E-state index contributed by atoms with van der Waals surface area (Å²) in [5, 5.41) is 8.26. The Morgan fingerprint density at radius 3 is 2.44 bits per heavy atom. The molecule has 10 nitrogen and oxygen atoms in total. The van der Waals surface area contributed by atoms with Crippen LogP contribution in [0.15, 0.2) is 47.5 Å². The summed E-state index contributed by atoms with van der Waals surface area (Å²) in [7, 11) is 0. The summed E-state index contributed by atoms with van der Waals surface area (Å²) in [5.74, 6) is -8.21. The van der Waals surface area contributed by atoms with E-state index in [0.29, 0.717) is 21.7 Å². The predicted molar refractivity (Wildman–Crippen MR) is 126 cm³/mol. The van der Waals surface area contributed by atoms with Crippen LogP contribution < -0.4 is 15.6 Å². The molecule has 4 heterocycles. The lowest BCUT2D eigenvalue weighted by Gasteiger charge is -2.20. The van der Waals surface area contributed by atoms with Crippen LogP contribution in [0.4, 0.5) is 30.7 Å². The first-order valence-electron chi connectivity index (χ1n) is 11.5. The molecule has 0 radical (unpaired) electrons. The van der Waals surface area contributed by atoms with Gasteiger partial charge in [-0.15, -0.1) is 5.10 Å². The number of benzene rings is 1. The second-order valence-corrected chi connectivity index (χ2v) is 8.48. The van der Waals surface area contributed by atoms with E-state index in [1.54, 1.807) is 5.32 Å². The number of fused-ring (bicyclic) bond motifs is 2. The first kappa shape index (κ1) is 27.5. The lowest BCUT2D eigenvalue weighted by molar-refractivity contribution is -0.153. The second-order valence-electron chi connectivity index (χ2n) is 8.48. The highest BCUT2D eigenvalue weighted by molar-refractivity contribution is 5.97. The topological polar surface area (TPSA) is 117 Å². The second kappa shape index (κ2) is 10.1. The summed E-state index contributed by atoms with van der Waals surface area (Å²) >= 11 is 0. The molecule has 1 N–H and O–H groups in total. The van der Waals surface area contributed by atoms with Crippen molar-refractivity contribution in [1.29, 1.82) is 0 Å². The van der Waals surface area contributed by atoms with E-state index >= 15 is 4.39 Å². The van der Waals surface area contributed by atoms with Crippen molar-refractivity contribution >= 4 is 28.1 Å². The van der Waals surface area contributed by atoms with Crippen LogP contribution in [0.3, 0.4) is 0 Å². The number of hydrogen-bond acceptors (Lipinski definition) is 7. The molecule has 41 heavy (non-hydrogen) atoms. The predicted octanol–water partition coefficient (Wildman–Crippen LogP) is 3.99. The Morgan fingerprint density at radius 1 is 1.07 bits per heavy atom. The quantitative estimate of drug-likeness (QED) is 0.302. The van der Waals surface area contributed by atoms with Crippen molar-refractivity contribution in [2.24, 2.45) is 0 Å². The lowest BCUT2D eigenvalue weighted by Crippen LogP contribution is -2.46. The molecule has 0 saturated carbocycles. The maximum atomic E-state index is 15.1. The van der Waals surface area contributed by atoms with Gasteiger partial charge >= 0.3 is 6.18 Å². The molecule has 1 atom stereocenters. The minimum absolute atomic E-state index is 0.0176. The Labute approximate surface area is 222 Å². The summed E-state index contributed by atoms with van der Waals surface area (Å²) < 4.78 is 98.7. The first-order chi connectivity index (χ1) is 19.4. The monoisotopic (exact) mass is 581 g/mol. The van der Waals surface area contributed by atoms with Gasteiger partial charge in [0.25, 0.3) is 11.8 Å². The molecular formula is C24H14F7N7O3. The molecule has 0 aliphatic carbocycles. The number of carbonyl (C=O) groups is 1. The minimum atomic E-state index is -4.89. The van der Waals surface area contributed by atoms with Crippen molar-refractivity contribution in [1.82, 2.24) is 35.0 Å². The van der Waals surface area contributed by atoms with Crippen molar-refractivity contribution in [3.8, 4) is 11.6 Å². The van der Waals surface area contributed by atoms with Crippen molar-refractivity contribution < 1.29 is 40.4 Å². The first-order valence-corrected chi connectivity index (χ1v) is 11.5. The number of hydrogen-bond donors (Lipinski definition) is 1. The van der Waals surface area contributed by atoms with Gasteiger partial charge in [0.15, 0.2) is 23.1 Å². The maximum absolute atomic E-state index is 15.1. The summed E-state index contributed by atoms with van der Waals surface area (Å²) in [5.41, 5.74) is -3.88. The number of carbonyl (C=O) groups excluding carboxylic acids is 1. The van der Waals surface area contributed by atoms with E-state index in [9.17, 15) is 35.9 Å². The van der Waals surface area contributed by atoms with Gasteiger partial charge in [-0.25, -0.2) is 22.5 Å². The minimum Gasteiger partial charge on any atom is -0.340 e. The zero-order valence-corrected chi connectivity index (χ0v) is 20.4. The van der Waals surface area contributed by atoms with Gasteiger partial charge in [0.2, 0.25) is 11.1 Å². The highest BCUT2D eigenvalue weighted by Crippen LogP contribution is 2.27. The van der Waals surface area contributed by atoms with Gasteiger partial charge in [-0.05, 0) is 29.8 Å². The Bertz CT molecular complexity index is 1870. The fraction of sp³-hybridized carbons (Fsp3) is 0.167. The number of pyridine rings is 3. The summed E-state index contributed by atoms with van der Waals surface area (Å²) in [6.45, 7) is 1.12. The van der Waals surface area contributed by atoms with Gasteiger partial charge < -0.3 is 10.2 Å². The van der Waals surface area contributed by atoms with E-state index in [-0.39, 0.29) is 23.3 Å². The molecule has 1 amide bonds. The molecular weight excluding hydrogens is 567 g/mol. The molecule has 0 aliphatic heterocycles. The Hall–Kier alpha value is -5.09. The maximum Gasteiger partial charge on any atom is 0.408 e. The zero-order valence-electron chi connectivity index (χ0n) is 20.4. The number of nitrogens with one attached hydrogen (secondary N) is 1. The molecule has 0 spiro atoms. The van der Waals surface area contributed by atoms with E-state index < -0.39 is 81.4 Å². The summed E-state index contributed by atoms with van der Waals surface area (Å²) in [4.78, 5) is 39.7. The van der Waals surface area contributed by atoms with Gasteiger partial charge in [0, 0.05) is 24.5 Å². The van der Waals surface area contributed by atoms with Crippen LogP contribution in [0.2, 0.25) is 0 Å². The SMILES string of the molecule is CC[C@H](NC(=O)c1cn(-c2c(F)cc(F)cc2F)c2nc(On3nnc4cccnc43)c(F)cc2c1=O)C(F)(F)F. The van der Waals surface area contributed by atoms with E-state index in [0.717, 1.165) is 6.92 Å². The average Bonchev–Trinajstić information content (AvgIpc) is 3.30. The Morgan fingerprint density at radius 2 is 1.78 bits per heavy atom. The zero-order chi connectivity index (χ0) is 29.6. The number of rotatable bonds is 6. The smallest absolute Gasteiger partial charge is 0.340 e. The third kappa shape index (κ3) is 5.01. The molecule has 4 aromatic heterocycles. The fourth-order valence-corrected chi connectivity index (χ4v) is 3.91. The van der Waals surface area contributed by atoms with Crippen molar-refractivity contribution in [2.75, 3.05) is 0 Å². The van der Waals surface area contributed by atoms with Crippen LogP contribution >= 0.6 is 0 Å². The molecule has 0 fully saturated rings. The normalized spacial score (nSPS) is 12.6. The number of halogens is 7. The van der Waals surface area contributed by atoms with Crippen LogP contribution in [-0.2, 0) is 0 Å². The van der Waals surface area contributed by atoms with Gasteiger partial charge in [-0.1, -0.05) is 11.8 Å². The van der Waals surface area contributed by atoms with Crippen LogP contribution in [-0.4, -0.2) is 47.8 Å². The number of aromatic nitrogens is 6. The number of nitrogens with zero attached hydrogens (tertiary/aromatic N) is 6. The van der Waals surface area contributed by atoms with Crippen molar-refractivity contribution in [3.05, 3.63) is 81.8 Å². The lowest BCUT2D eigenvalue weighted by atomic mass is 10.1. The van der Waals surface area contributed by atoms with Gasteiger partial charge in [-0.3, -0.25) is 14.2 Å². The summed E-state index contributed by atoms with van der Waals surface area (Å²) in [6, 6.07) is 1.70. The van der Waals surface area contributed by atoms with Gasteiger partial charge in [0.05, 0.1) is 5.39 Å². The van der Waals surface area contributed by atoms with E-state index in [1.165, 1.54) is 18.3 Å². The Kier molecular flexibility index (Phi) is 6.80. The van der Waals surface area contributed by atoms with Crippen molar-refractivity contribution in [2.45, 2.75) is 25.6 Å². The third-order valence-corrected chi connectivity index (χ3v) is 5.83. The van der Waals surface area contributed by atoms with Crippen molar-refractivity contribution in [3.63, 3.8) is 0 Å². The van der Waals surface area contributed by atoms with Crippen LogP contribution in [0.25, 0.3) is 27.9 Å². The molecule has 5 rings (SSSR count). The van der Waals surface area contributed by atoms with E-state index in [4.69, 9.17) is 4.84 Å². The van der Waals surface area contributed by atoms with Gasteiger partial charge in [0.1, 0.15) is 28.6 Å².